The first kappa shape index (κ1) is 27.2. The lowest BCUT2D eigenvalue weighted by molar-refractivity contribution is -0.148. The van der Waals surface area contributed by atoms with Crippen molar-refractivity contribution in [3.63, 3.8) is 0 Å². The Labute approximate surface area is 220 Å². The second-order valence-corrected chi connectivity index (χ2v) is 12.3. The van der Waals surface area contributed by atoms with Gasteiger partial charge in [-0.05, 0) is 18.8 Å². The topological polar surface area (TPSA) is 81.2 Å². The molecule has 0 radical (unpaired) electrons. The molecule has 0 aromatic heterocycles. The number of aliphatic hydroxyl groups excluding tert-OH is 1. The molecule has 1 spiro atoms. The van der Waals surface area contributed by atoms with E-state index in [4.69, 9.17) is 0 Å². The van der Waals surface area contributed by atoms with Crippen molar-refractivity contribution >= 4 is 29.5 Å². The molecule has 1 unspecified atom stereocenters. The summed E-state index contributed by atoms with van der Waals surface area (Å²) in [4.78, 5) is 47.9. The normalized spacial score (nSPS) is 33.4. The zero-order chi connectivity index (χ0) is 26.0. The molecule has 1 N–H and O–H groups in total. The van der Waals surface area contributed by atoms with Crippen LogP contribution in [0.5, 0.6) is 0 Å². The van der Waals surface area contributed by atoms with E-state index in [2.05, 4.69) is 32.1 Å². The Hall–Kier alpha value is -1.80. The fourth-order valence-electron chi connectivity index (χ4n) is 6.57. The maximum atomic E-state index is 14.4. The number of thioether (sulfide) groups is 1. The minimum atomic E-state index is -0.806. The van der Waals surface area contributed by atoms with Gasteiger partial charge in [0.15, 0.2) is 0 Å². The number of aliphatic hydroxyl groups is 1. The summed E-state index contributed by atoms with van der Waals surface area (Å²) in [6.07, 6.45) is 12.9. The highest BCUT2D eigenvalue weighted by Gasteiger charge is 2.71. The molecule has 0 saturated carbocycles. The Bertz CT molecular complexity index is 907. The van der Waals surface area contributed by atoms with Crippen LogP contribution in [-0.4, -0.2) is 92.4 Å². The molecule has 36 heavy (non-hydrogen) atoms. The summed E-state index contributed by atoms with van der Waals surface area (Å²) < 4.78 is -0.806. The van der Waals surface area contributed by atoms with Crippen LogP contribution in [0, 0.1) is 17.8 Å². The van der Waals surface area contributed by atoms with Crippen LogP contribution in [0.1, 0.15) is 59.8 Å². The van der Waals surface area contributed by atoms with Crippen LogP contribution < -0.4 is 0 Å². The van der Waals surface area contributed by atoms with Crippen LogP contribution in [0.3, 0.4) is 0 Å². The maximum Gasteiger partial charge on any atom is 0.247 e. The van der Waals surface area contributed by atoms with Crippen molar-refractivity contribution in [1.82, 2.24) is 14.7 Å². The summed E-state index contributed by atoms with van der Waals surface area (Å²) >= 11 is 1.62. The molecule has 4 aliphatic heterocycles. The van der Waals surface area contributed by atoms with Crippen molar-refractivity contribution in [1.29, 1.82) is 0 Å². The van der Waals surface area contributed by atoms with Gasteiger partial charge in [-0.3, -0.25) is 14.4 Å². The van der Waals surface area contributed by atoms with E-state index in [1.807, 2.05) is 29.7 Å². The van der Waals surface area contributed by atoms with Gasteiger partial charge in [-0.15, -0.1) is 11.8 Å². The van der Waals surface area contributed by atoms with Gasteiger partial charge in [0.25, 0.3) is 0 Å². The number of carbonyl (C=O) groups excluding carboxylic acids is 3. The van der Waals surface area contributed by atoms with E-state index in [9.17, 15) is 19.5 Å². The molecular weight excluding hydrogens is 474 g/mol. The molecule has 200 valence electrons. The van der Waals surface area contributed by atoms with Gasteiger partial charge in [-0.2, -0.15) is 0 Å². The lowest BCUT2D eigenvalue weighted by Gasteiger charge is -2.40. The molecule has 2 fully saturated rings. The molecule has 0 bridgehead atoms. The number of rotatable bonds is 10. The van der Waals surface area contributed by atoms with Crippen molar-refractivity contribution < 1.29 is 19.5 Å². The Balaban J connectivity index is 1.80. The fraction of sp³-hybridized carbons (Fsp3) is 0.750. The molecular formula is C28H43N3O4S. The first-order valence-electron chi connectivity index (χ1n) is 13.9. The number of amides is 3. The van der Waals surface area contributed by atoms with Gasteiger partial charge in [-0.25, -0.2) is 0 Å². The molecule has 4 rings (SSSR count). The molecule has 0 aliphatic carbocycles. The molecule has 8 heteroatoms. The fourth-order valence-corrected chi connectivity index (χ4v) is 8.57. The van der Waals surface area contributed by atoms with E-state index in [-0.39, 0.29) is 35.5 Å². The second kappa shape index (κ2) is 11.3. The Kier molecular flexibility index (Phi) is 8.55. The van der Waals surface area contributed by atoms with E-state index in [1.165, 1.54) is 0 Å². The van der Waals surface area contributed by atoms with Crippen molar-refractivity contribution in [3.8, 4) is 0 Å². The first-order chi connectivity index (χ1) is 17.4. The molecule has 3 amide bonds. The van der Waals surface area contributed by atoms with Gasteiger partial charge in [0.05, 0.1) is 29.2 Å². The highest BCUT2D eigenvalue weighted by Crippen LogP contribution is 2.61. The quantitative estimate of drug-likeness (QED) is 0.356. The number of carbonyl (C=O) groups is 3. The monoisotopic (exact) mass is 517 g/mol. The Morgan fingerprint density at radius 2 is 1.72 bits per heavy atom. The lowest BCUT2D eigenvalue weighted by atomic mass is 9.78. The Morgan fingerprint density at radius 1 is 1.00 bits per heavy atom. The third-order valence-corrected chi connectivity index (χ3v) is 10.4. The number of nitrogens with zero attached hydrogens (tertiary/aromatic N) is 3. The van der Waals surface area contributed by atoms with Crippen molar-refractivity contribution in [2.24, 2.45) is 17.8 Å². The van der Waals surface area contributed by atoms with Gasteiger partial charge in [-0.1, -0.05) is 71.3 Å². The van der Waals surface area contributed by atoms with Gasteiger partial charge in [0.2, 0.25) is 17.7 Å². The third-order valence-electron chi connectivity index (χ3n) is 8.63. The van der Waals surface area contributed by atoms with Crippen molar-refractivity contribution in [2.75, 3.05) is 32.8 Å². The molecule has 7 nitrogen and oxygen atoms in total. The Morgan fingerprint density at radius 3 is 2.39 bits per heavy atom. The number of fused-ring (bicyclic) bond motifs is 2. The molecule has 0 aromatic carbocycles. The number of hydrogen-bond acceptors (Lipinski definition) is 5. The van der Waals surface area contributed by atoms with Gasteiger partial charge < -0.3 is 19.8 Å². The molecule has 2 saturated heterocycles. The SMILES string of the molecule is CCCCCN1CC=C[C@]23S[C@H]4C=CCN(CCC)C(=O)[C@H]4[C@H]2C(=O)N([C@@H](CO)[C@@H](C)CC)C3C1=O. The molecule has 7 atom stereocenters. The summed E-state index contributed by atoms with van der Waals surface area (Å²) in [6, 6.07) is -1.16. The average Bonchev–Trinajstić information content (AvgIpc) is 3.19. The predicted octanol–water partition coefficient (Wildman–Crippen LogP) is 3.09. The summed E-state index contributed by atoms with van der Waals surface area (Å²) in [6.45, 7) is 10.5. The van der Waals surface area contributed by atoms with E-state index in [0.29, 0.717) is 26.2 Å². The zero-order valence-corrected chi connectivity index (χ0v) is 23.1. The van der Waals surface area contributed by atoms with Gasteiger partial charge in [0.1, 0.15) is 6.04 Å². The zero-order valence-electron chi connectivity index (χ0n) is 22.3. The van der Waals surface area contributed by atoms with Crippen molar-refractivity contribution in [2.45, 2.75) is 81.9 Å². The second-order valence-electron chi connectivity index (χ2n) is 10.8. The van der Waals surface area contributed by atoms with Crippen LogP contribution in [0.15, 0.2) is 24.3 Å². The summed E-state index contributed by atoms with van der Waals surface area (Å²) in [5.74, 6) is -1.25. The molecule has 0 aromatic rings. The summed E-state index contributed by atoms with van der Waals surface area (Å²) in [7, 11) is 0. The van der Waals surface area contributed by atoms with Crippen LogP contribution in [-0.2, 0) is 14.4 Å². The van der Waals surface area contributed by atoms with Gasteiger partial charge >= 0.3 is 0 Å². The first-order valence-corrected chi connectivity index (χ1v) is 14.8. The average molecular weight is 518 g/mol. The molecule has 4 heterocycles. The number of likely N-dealkylation sites (tertiary alicyclic amines) is 1. The lowest BCUT2D eigenvalue weighted by Crippen LogP contribution is -2.57. The summed E-state index contributed by atoms with van der Waals surface area (Å²) in [5, 5.41) is 10.3. The van der Waals surface area contributed by atoms with Gasteiger partial charge in [0, 0.05) is 31.4 Å². The number of unbranched alkanes of at least 4 members (excludes halogenated alkanes) is 2. The summed E-state index contributed by atoms with van der Waals surface area (Å²) in [5.41, 5.74) is 0. The minimum Gasteiger partial charge on any atom is -0.394 e. The van der Waals surface area contributed by atoms with Crippen LogP contribution >= 0.6 is 11.8 Å². The van der Waals surface area contributed by atoms with E-state index >= 15 is 0 Å². The largest absolute Gasteiger partial charge is 0.394 e. The van der Waals surface area contributed by atoms with Crippen LogP contribution in [0.25, 0.3) is 0 Å². The minimum absolute atomic E-state index is 0.0177. The third kappa shape index (κ3) is 4.42. The van der Waals surface area contributed by atoms with E-state index in [1.54, 1.807) is 16.7 Å². The maximum absolute atomic E-state index is 14.4. The predicted molar refractivity (Wildman–Crippen MR) is 143 cm³/mol. The molecule has 4 aliphatic rings. The van der Waals surface area contributed by atoms with E-state index in [0.717, 1.165) is 32.1 Å². The number of hydrogen-bond donors (Lipinski definition) is 1. The smallest absolute Gasteiger partial charge is 0.247 e. The standard InChI is InChI=1S/C28H43N3O4S/c1-5-8-9-15-30-17-11-13-28-23(22-21(36-28)12-10-16-29(14-6-2)25(22)33)26(34)31(24(28)27(30)35)20(18-32)19(4)7-3/h10-13,19-24,32H,5-9,14-18H2,1-4H3/t19-,20-,21-,22+,23-,24?,28-/m0/s1. The van der Waals surface area contributed by atoms with Crippen LogP contribution in [0.4, 0.5) is 0 Å². The highest BCUT2D eigenvalue weighted by molar-refractivity contribution is 8.02. The highest BCUT2D eigenvalue weighted by atomic mass is 32.2. The van der Waals surface area contributed by atoms with E-state index < -0.39 is 28.7 Å². The van der Waals surface area contributed by atoms with Crippen LogP contribution in [0.2, 0.25) is 0 Å². The van der Waals surface area contributed by atoms with Crippen molar-refractivity contribution in [3.05, 3.63) is 24.3 Å².